The Bertz CT molecular complexity index is 241. The van der Waals surface area contributed by atoms with Crippen molar-refractivity contribution in [2.45, 2.75) is 8.76 Å². The first kappa shape index (κ1) is 2.15. The third-order valence-electron chi connectivity index (χ3n) is 3.71. The summed E-state index contributed by atoms with van der Waals surface area (Å²) in [4.78, 5) is 0. The van der Waals surface area contributed by atoms with E-state index in [1.54, 1.807) is 0 Å². The van der Waals surface area contributed by atoms with Crippen LogP contribution in [0.4, 0.5) is 0 Å². The summed E-state index contributed by atoms with van der Waals surface area (Å²) < 4.78 is 3.07. The number of hydrogen-bond acceptors (Lipinski definition) is 0. The Kier molecular flexibility index (Phi) is 0.0738. The minimum atomic E-state index is 0.0194. The van der Waals surface area contributed by atoms with E-state index in [1.807, 2.05) is 0 Å². The molecule has 0 nitrogen and oxygen atoms in total. The first-order valence-corrected chi connectivity index (χ1v) is 10.8. The molecule has 0 aromatic rings. The van der Waals surface area contributed by atoms with E-state index in [0.29, 0.717) is 0 Å². The summed E-state index contributed by atoms with van der Waals surface area (Å²) in [6.07, 6.45) is 0. The van der Waals surface area contributed by atoms with Gasteiger partial charge in [-0.25, -0.2) is 0 Å². The van der Waals surface area contributed by atoms with Crippen LogP contribution in [0.3, 0.4) is 0 Å². The van der Waals surface area contributed by atoms with Gasteiger partial charge in [0, 0.05) is 0 Å². The molecule has 0 N–H and O–H groups in total. The van der Waals surface area contributed by atoms with E-state index < -0.39 is 0 Å². The normalized spacial score (nSPS) is 151. The van der Waals surface area contributed by atoms with Crippen molar-refractivity contribution < 1.29 is 0 Å². The molecule has 6 rings (SSSR count). The molecule has 0 amide bonds. The fourth-order valence-corrected chi connectivity index (χ4v) is 110. The number of hydrogen-bond donors (Lipinski definition) is 0. The van der Waals surface area contributed by atoms with Crippen molar-refractivity contribution >= 4 is 28.5 Å². The van der Waals surface area contributed by atoms with Gasteiger partial charge in [-0.05, 0) is 0 Å². The summed E-state index contributed by atoms with van der Waals surface area (Å²) in [5.74, 6) is 0. The van der Waals surface area contributed by atoms with Gasteiger partial charge in [-0.2, -0.15) is 0 Å². The molecule has 0 radical (unpaired) electrons. The van der Waals surface area contributed by atoms with E-state index in [4.69, 9.17) is 0 Å². The molecule has 4 heteroatoms. The Hall–Kier alpha value is 1.72. The predicted molar refractivity (Wildman–Crippen MR) is 33.1 cm³/mol. The zero-order valence-corrected chi connectivity index (χ0v) is 6.37. The van der Waals surface area contributed by atoms with E-state index >= 15 is 0 Å². The molecule has 0 aromatic heterocycles. The molecule has 6 fully saturated rings. The summed E-state index contributed by atoms with van der Waals surface area (Å²) >= 11 is 0. The summed E-state index contributed by atoms with van der Waals surface area (Å²) in [5.41, 5.74) is 0.0194. The van der Waals surface area contributed by atoms with Crippen LogP contribution in [0, 0.1) is 0 Å². The van der Waals surface area contributed by atoms with Gasteiger partial charge in [0.2, 0.25) is 0 Å². The van der Waals surface area contributed by atoms with Crippen LogP contribution < -0.4 is 0 Å². The molecule has 0 atom stereocenters. The fraction of sp³-hybridized carbons (Fsp3) is 1.00. The molecule has 6 heterocycles. The molecule has 0 saturated carbocycles. The van der Waals surface area contributed by atoms with Gasteiger partial charge in [-0.15, -0.1) is 0 Å². The van der Waals surface area contributed by atoms with Crippen LogP contribution in [0.5, 0.6) is 0 Å². The van der Waals surface area contributed by atoms with Crippen LogP contribution in [0.1, 0.15) is 0 Å². The second-order valence-corrected chi connectivity index (χ2v) is 30.2. The maximum absolute atomic E-state index is 1.53. The third kappa shape index (κ3) is 0.0234. The second-order valence-electron chi connectivity index (χ2n) is 3.12. The van der Waals surface area contributed by atoms with E-state index in [2.05, 4.69) is 0 Å². The van der Waals surface area contributed by atoms with Crippen LogP contribution in [-0.2, 0) is 0 Å². The zero-order valence-electron chi connectivity index (χ0n) is 2.79. The van der Waals surface area contributed by atoms with Crippen molar-refractivity contribution in [3.63, 3.8) is 0 Å². The molecular formula is C2P4. The topological polar surface area (TPSA) is 0 Å². The maximum atomic E-state index is 1.53. The van der Waals surface area contributed by atoms with Crippen molar-refractivity contribution in [1.29, 1.82) is 0 Å². The summed E-state index contributed by atoms with van der Waals surface area (Å²) in [7, 11) is 3.28. The number of rotatable bonds is 0. The Morgan fingerprint density at radius 3 is 1.17 bits per heavy atom. The van der Waals surface area contributed by atoms with E-state index in [-0.39, 0.29) is 5.67 Å². The summed E-state index contributed by atoms with van der Waals surface area (Å²) in [6.45, 7) is 0. The molecule has 1 spiro atoms. The van der Waals surface area contributed by atoms with Gasteiger partial charge in [0.1, 0.15) is 0 Å². The molecule has 6 saturated heterocycles. The average molecular weight is 148 g/mol. The molecular weight excluding hydrogens is 148 g/mol. The van der Waals surface area contributed by atoms with Crippen molar-refractivity contribution in [3.05, 3.63) is 0 Å². The Morgan fingerprint density at radius 2 is 1.17 bits per heavy atom. The van der Waals surface area contributed by atoms with Crippen molar-refractivity contribution in [2.75, 3.05) is 0 Å². The van der Waals surface area contributed by atoms with Gasteiger partial charge in [-0.1, -0.05) is 0 Å². The van der Waals surface area contributed by atoms with Crippen molar-refractivity contribution in [2.24, 2.45) is 0 Å². The average Bonchev–Trinajstić information content (AvgIpc) is 1.21. The van der Waals surface area contributed by atoms with Gasteiger partial charge in [0.05, 0.1) is 0 Å². The molecule has 0 aliphatic carbocycles. The summed E-state index contributed by atoms with van der Waals surface area (Å²) in [6, 6.07) is 0. The van der Waals surface area contributed by atoms with E-state index in [9.17, 15) is 0 Å². The Balaban J connectivity index is 2.83. The van der Waals surface area contributed by atoms with Crippen LogP contribution >= 0.6 is 28.5 Å². The fourth-order valence-electron chi connectivity index (χ4n) is 3.33. The van der Waals surface area contributed by atoms with E-state index in [1.165, 1.54) is 8.76 Å². The SMILES string of the molecule is P12C34P5C16P3P2546. The van der Waals surface area contributed by atoms with Crippen molar-refractivity contribution in [3.8, 4) is 0 Å². The Labute approximate surface area is 37.9 Å². The standard InChI is InChI=1S/C2P4/c3-1-4-2(3)5(1)6(1,2,3)4. The molecule has 0 bridgehead atoms. The Morgan fingerprint density at radius 1 is 1.00 bits per heavy atom. The third-order valence-corrected chi connectivity index (χ3v) is 62.4. The molecule has 6 aliphatic heterocycles. The van der Waals surface area contributed by atoms with Gasteiger partial charge in [-0.3, -0.25) is 0 Å². The van der Waals surface area contributed by atoms with E-state index in [0.717, 1.165) is 22.8 Å². The molecule has 28 valence electrons. The van der Waals surface area contributed by atoms with Gasteiger partial charge < -0.3 is 0 Å². The van der Waals surface area contributed by atoms with Crippen LogP contribution in [-0.4, -0.2) is 8.76 Å². The molecule has 0 unspecified atom stereocenters. The van der Waals surface area contributed by atoms with Crippen LogP contribution in [0.2, 0.25) is 0 Å². The molecule has 0 aromatic carbocycles. The first-order valence-electron chi connectivity index (χ1n) is 2.39. The predicted octanol–water partition coefficient (Wildman–Crippen LogP) is 3.03. The van der Waals surface area contributed by atoms with Gasteiger partial charge in [0.15, 0.2) is 0 Å². The van der Waals surface area contributed by atoms with Gasteiger partial charge in [0.25, 0.3) is 0 Å². The summed E-state index contributed by atoms with van der Waals surface area (Å²) in [5, 5.41) is 0. The second kappa shape index (κ2) is 0.205. The van der Waals surface area contributed by atoms with Crippen LogP contribution in [0.25, 0.3) is 0 Å². The first-order chi connectivity index (χ1) is 2.95. The van der Waals surface area contributed by atoms with Crippen LogP contribution in [0.15, 0.2) is 0 Å². The van der Waals surface area contributed by atoms with Gasteiger partial charge >= 0.3 is 37.3 Å². The molecule has 6 aliphatic rings. The molecule has 6 heavy (non-hydrogen) atoms. The quantitative estimate of drug-likeness (QED) is 0.463. The monoisotopic (exact) mass is 148 g/mol. The zero-order chi connectivity index (χ0) is 3.18. The minimum absolute atomic E-state index is 0.0194. The van der Waals surface area contributed by atoms with Crippen molar-refractivity contribution in [1.82, 2.24) is 0 Å².